The summed E-state index contributed by atoms with van der Waals surface area (Å²) in [5, 5.41) is 6.15. The van der Waals surface area contributed by atoms with Gasteiger partial charge in [-0.2, -0.15) is 0 Å². The Balaban J connectivity index is 1.66. The molecule has 5 heteroatoms. The number of anilines is 1. The first-order chi connectivity index (χ1) is 13.3. The van der Waals surface area contributed by atoms with Crippen LogP contribution < -0.4 is 5.32 Å². The summed E-state index contributed by atoms with van der Waals surface area (Å²) < 4.78 is 0. The van der Waals surface area contributed by atoms with Crippen molar-refractivity contribution >= 4 is 34.1 Å². The van der Waals surface area contributed by atoms with Crippen molar-refractivity contribution in [3.8, 4) is 11.3 Å². The number of hydrogen-bond donors (Lipinski definition) is 1. The fourth-order valence-electron chi connectivity index (χ4n) is 3.34. The van der Waals surface area contributed by atoms with E-state index in [-0.39, 0.29) is 5.91 Å². The topological polar surface area (TPSA) is 42.0 Å². The lowest BCUT2D eigenvalue weighted by Gasteiger charge is -2.09. The lowest BCUT2D eigenvalue weighted by molar-refractivity contribution is -0.115. The van der Waals surface area contributed by atoms with Crippen molar-refractivity contribution in [3.63, 3.8) is 0 Å². The van der Waals surface area contributed by atoms with E-state index in [4.69, 9.17) is 0 Å². The Kier molecular flexibility index (Phi) is 6.57. The van der Waals surface area contributed by atoms with E-state index in [1.165, 1.54) is 32.9 Å². The fraction of sp³-hybridized carbons (Fsp3) is 0.304. The number of aromatic nitrogens is 1. The summed E-state index contributed by atoms with van der Waals surface area (Å²) in [4.78, 5) is 18.3. The number of thiazole rings is 1. The molecule has 0 spiro atoms. The molecule has 3 aromatic rings. The Bertz CT molecular complexity index is 952. The van der Waals surface area contributed by atoms with E-state index in [9.17, 15) is 4.79 Å². The molecule has 0 saturated carbocycles. The number of nitrogens with zero attached hydrogens (tertiary/aromatic N) is 1. The predicted molar refractivity (Wildman–Crippen MR) is 122 cm³/mol. The first-order valence-corrected chi connectivity index (χ1v) is 11.2. The van der Waals surface area contributed by atoms with Crippen molar-refractivity contribution < 1.29 is 4.79 Å². The van der Waals surface area contributed by atoms with Crippen LogP contribution in [0.2, 0.25) is 0 Å². The Labute approximate surface area is 175 Å². The maximum atomic E-state index is 12.4. The van der Waals surface area contributed by atoms with Crippen LogP contribution in [0.1, 0.15) is 36.1 Å². The molecule has 146 valence electrons. The lowest BCUT2D eigenvalue weighted by atomic mass is 9.98. The third-order valence-corrected chi connectivity index (χ3v) is 6.12. The molecule has 0 fully saturated rings. The highest BCUT2D eigenvalue weighted by Crippen LogP contribution is 2.31. The molecule has 0 radical (unpaired) electrons. The van der Waals surface area contributed by atoms with Gasteiger partial charge in [0.25, 0.3) is 0 Å². The van der Waals surface area contributed by atoms with E-state index >= 15 is 0 Å². The Hall–Kier alpha value is -2.11. The van der Waals surface area contributed by atoms with E-state index in [1.807, 2.05) is 29.3 Å². The predicted octanol–water partition coefficient (Wildman–Crippen LogP) is 6.42. The molecule has 0 aliphatic rings. The largest absolute Gasteiger partial charge is 0.302 e. The molecular weight excluding hydrogens is 384 g/mol. The van der Waals surface area contributed by atoms with Crippen LogP contribution in [0.25, 0.3) is 11.3 Å². The van der Waals surface area contributed by atoms with Gasteiger partial charge in [0.2, 0.25) is 5.91 Å². The third-order valence-electron chi connectivity index (χ3n) is 4.34. The highest BCUT2D eigenvalue weighted by Gasteiger charge is 2.13. The second-order valence-electron chi connectivity index (χ2n) is 7.35. The van der Waals surface area contributed by atoms with Gasteiger partial charge in [0.1, 0.15) is 0 Å². The van der Waals surface area contributed by atoms with E-state index in [0.717, 1.165) is 16.8 Å². The van der Waals surface area contributed by atoms with Crippen molar-refractivity contribution in [3.05, 3.63) is 64.0 Å². The smallest absolute Gasteiger partial charge is 0.230 e. The zero-order valence-corrected chi connectivity index (χ0v) is 18.6. The van der Waals surface area contributed by atoms with E-state index in [2.05, 4.69) is 69.2 Å². The Morgan fingerprint density at radius 2 is 1.75 bits per heavy atom. The van der Waals surface area contributed by atoms with Gasteiger partial charge in [-0.05, 0) is 49.6 Å². The summed E-state index contributed by atoms with van der Waals surface area (Å²) in [6.45, 7) is 10.7. The number of benzene rings is 2. The van der Waals surface area contributed by atoms with Gasteiger partial charge in [0, 0.05) is 21.1 Å². The first-order valence-electron chi connectivity index (χ1n) is 9.41. The number of carbonyl (C=O) groups is 1. The van der Waals surface area contributed by atoms with Crippen LogP contribution in [0.3, 0.4) is 0 Å². The summed E-state index contributed by atoms with van der Waals surface area (Å²) in [5.41, 5.74) is 6.75. The molecule has 3 nitrogen and oxygen atoms in total. The van der Waals surface area contributed by atoms with Crippen LogP contribution in [0, 0.1) is 20.8 Å². The quantitative estimate of drug-likeness (QED) is 0.477. The SMILES string of the molecule is Cc1cc(C)c(-c2csc(NC(=O)Cc3ccc(SC(C)C)cc3)n2)c(C)c1. The maximum Gasteiger partial charge on any atom is 0.230 e. The van der Waals surface area contributed by atoms with E-state index < -0.39 is 0 Å². The van der Waals surface area contributed by atoms with Gasteiger partial charge < -0.3 is 5.32 Å². The van der Waals surface area contributed by atoms with Crippen molar-refractivity contribution in [1.82, 2.24) is 4.98 Å². The second-order valence-corrected chi connectivity index (χ2v) is 9.86. The number of thioether (sulfide) groups is 1. The van der Waals surface area contributed by atoms with E-state index in [1.54, 1.807) is 0 Å². The summed E-state index contributed by atoms with van der Waals surface area (Å²) in [5.74, 6) is -0.0393. The summed E-state index contributed by atoms with van der Waals surface area (Å²) >= 11 is 3.29. The average molecular weight is 411 g/mol. The molecule has 0 saturated heterocycles. The zero-order chi connectivity index (χ0) is 20.3. The summed E-state index contributed by atoms with van der Waals surface area (Å²) in [6, 6.07) is 12.5. The molecule has 28 heavy (non-hydrogen) atoms. The maximum absolute atomic E-state index is 12.4. The van der Waals surface area contributed by atoms with Gasteiger partial charge in [-0.1, -0.05) is 43.7 Å². The highest BCUT2D eigenvalue weighted by molar-refractivity contribution is 7.99. The molecule has 0 unspecified atom stereocenters. The van der Waals surface area contributed by atoms with Crippen LogP contribution in [0.15, 0.2) is 46.7 Å². The standard InChI is InChI=1S/C23H26N2OS2/c1-14(2)28-19-8-6-18(7-9-19)12-21(26)25-23-24-20(13-27-23)22-16(4)10-15(3)11-17(22)5/h6-11,13-14H,12H2,1-5H3,(H,24,25,26). The van der Waals surface area contributed by atoms with Gasteiger partial charge in [-0.3, -0.25) is 4.79 Å². The Morgan fingerprint density at radius 3 is 2.36 bits per heavy atom. The van der Waals surface area contributed by atoms with Crippen LogP contribution in [0.5, 0.6) is 0 Å². The van der Waals surface area contributed by atoms with Crippen LogP contribution in [-0.4, -0.2) is 16.1 Å². The average Bonchev–Trinajstić information content (AvgIpc) is 3.03. The Morgan fingerprint density at radius 1 is 1.11 bits per heavy atom. The second kappa shape index (κ2) is 8.93. The minimum Gasteiger partial charge on any atom is -0.302 e. The van der Waals surface area contributed by atoms with Crippen LogP contribution in [-0.2, 0) is 11.2 Å². The number of nitrogens with one attached hydrogen (secondary N) is 1. The number of hydrogen-bond acceptors (Lipinski definition) is 4. The number of rotatable bonds is 6. The molecule has 2 aromatic carbocycles. The lowest BCUT2D eigenvalue weighted by Crippen LogP contribution is -2.14. The number of aryl methyl sites for hydroxylation is 3. The minimum absolute atomic E-state index is 0.0393. The number of amides is 1. The van der Waals surface area contributed by atoms with Crippen molar-refractivity contribution in [2.45, 2.75) is 51.2 Å². The molecule has 0 aliphatic carbocycles. The van der Waals surface area contributed by atoms with E-state index in [0.29, 0.717) is 16.8 Å². The molecule has 0 atom stereocenters. The van der Waals surface area contributed by atoms with Crippen LogP contribution >= 0.6 is 23.1 Å². The third kappa shape index (κ3) is 5.24. The first kappa shape index (κ1) is 20.6. The minimum atomic E-state index is -0.0393. The van der Waals surface area contributed by atoms with Crippen molar-refractivity contribution in [2.24, 2.45) is 0 Å². The monoisotopic (exact) mass is 410 g/mol. The highest BCUT2D eigenvalue weighted by atomic mass is 32.2. The van der Waals surface area contributed by atoms with Gasteiger partial charge in [-0.15, -0.1) is 23.1 Å². The van der Waals surface area contributed by atoms with Crippen molar-refractivity contribution in [1.29, 1.82) is 0 Å². The molecule has 1 heterocycles. The molecule has 0 aliphatic heterocycles. The number of carbonyl (C=O) groups excluding carboxylic acids is 1. The summed E-state index contributed by atoms with van der Waals surface area (Å²) in [6.07, 6.45) is 0.351. The fourth-order valence-corrected chi connectivity index (χ4v) is 4.89. The molecule has 1 N–H and O–H groups in total. The van der Waals surface area contributed by atoms with Crippen LogP contribution in [0.4, 0.5) is 5.13 Å². The van der Waals surface area contributed by atoms with Gasteiger partial charge in [0.05, 0.1) is 12.1 Å². The van der Waals surface area contributed by atoms with Gasteiger partial charge in [0.15, 0.2) is 5.13 Å². The molecular formula is C23H26N2OS2. The molecule has 0 bridgehead atoms. The molecule has 1 aromatic heterocycles. The van der Waals surface area contributed by atoms with Gasteiger partial charge >= 0.3 is 0 Å². The zero-order valence-electron chi connectivity index (χ0n) is 17.0. The molecule has 3 rings (SSSR count). The van der Waals surface area contributed by atoms with Gasteiger partial charge in [-0.25, -0.2) is 4.98 Å². The normalized spacial score (nSPS) is 11.1. The summed E-state index contributed by atoms with van der Waals surface area (Å²) in [7, 11) is 0. The van der Waals surface area contributed by atoms with Crippen molar-refractivity contribution in [2.75, 3.05) is 5.32 Å². The molecule has 1 amide bonds.